The van der Waals surface area contributed by atoms with Crippen LogP contribution in [0.2, 0.25) is 5.02 Å². The lowest BCUT2D eigenvalue weighted by molar-refractivity contribution is -0.384. The van der Waals surface area contributed by atoms with Crippen LogP contribution in [0, 0.1) is 15.9 Å². The van der Waals surface area contributed by atoms with Gasteiger partial charge in [0.25, 0.3) is 5.69 Å². The Hall–Kier alpha value is -2.61. The van der Waals surface area contributed by atoms with Crippen molar-refractivity contribution in [3.05, 3.63) is 81.3 Å². The van der Waals surface area contributed by atoms with Crippen LogP contribution in [0.1, 0.15) is 5.76 Å². The van der Waals surface area contributed by atoms with Crippen molar-refractivity contribution in [2.45, 2.75) is 6.54 Å². The molecule has 1 aromatic heterocycles. The van der Waals surface area contributed by atoms with Crippen molar-refractivity contribution < 1.29 is 13.7 Å². The lowest BCUT2D eigenvalue weighted by Crippen LogP contribution is -2.21. The molecule has 0 saturated carbocycles. The van der Waals surface area contributed by atoms with E-state index in [0.717, 1.165) is 11.3 Å². The molecule has 2 aromatic carbocycles. The number of nitrogens with zero attached hydrogens (tertiary/aromatic N) is 1. The Bertz CT molecular complexity index is 932. The molecule has 28 heavy (non-hydrogen) atoms. The Balaban J connectivity index is 0.00000280. The normalized spacial score (nSPS) is 10.4. The lowest BCUT2D eigenvalue weighted by atomic mass is 10.2. The van der Waals surface area contributed by atoms with E-state index in [1.807, 2.05) is 12.1 Å². The SMILES string of the molecule is Cl.O=[N+]([O-])c1ccc(NCCNCc2ccc(-c3ccc(F)cc3)o2)c(Cl)c1. The average molecular weight is 426 g/mol. The van der Waals surface area contributed by atoms with Crippen LogP contribution in [0.3, 0.4) is 0 Å². The molecule has 1 heterocycles. The summed E-state index contributed by atoms with van der Waals surface area (Å²) in [6.07, 6.45) is 0. The number of nitrogens with one attached hydrogen (secondary N) is 2. The van der Waals surface area contributed by atoms with Gasteiger partial charge in [0.05, 0.1) is 22.2 Å². The summed E-state index contributed by atoms with van der Waals surface area (Å²) in [5, 5.41) is 17.3. The molecule has 148 valence electrons. The van der Waals surface area contributed by atoms with Gasteiger partial charge in [-0.15, -0.1) is 12.4 Å². The second kappa shape index (κ2) is 10.1. The van der Waals surface area contributed by atoms with Crippen LogP contribution in [-0.2, 0) is 6.54 Å². The summed E-state index contributed by atoms with van der Waals surface area (Å²) in [5.41, 5.74) is 1.41. The van der Waals surface area contributed by atoms with E-state index >= 15 is 0 Å². The molecule has 0 saturated heterocycles. The Morgan fingerprint density at radius 3 is 2.50 bits per heavy atom. The third kappa shape index (κ3) is 5.69. The van der Waals surface area contributed by atoms with Crippen LogP contribution >= 0.6 is 24.0 Å². The number of hydrogen-bond acceptors (Lipinski definition) is 5. The second-order valence-corrected chi connectivity index (χ2v) is 6.20. The maximum atomic E-state index is 13.0. The van der Waals surface area contributed by atoms with Gasteiger partial charge in [0, 0.05) is 30.8 Å². The first kappa shape index (κ1) is 21.7. The number of nitro benzene ring substituents is 1. The predicted molar refractivity (Wildman–Crippen MR) is 110 cm³/mol. The van der Waals surface area contributed by atoms with E-state index in [0.29, 0.717) is 36.1 Å². The summed E-state index contributed by atoms with van der Waals surface area (Å²) in [4.78, 5) is 10.2. The molecule has 0 spiro atoms. The number of non-ortho nitro benzene ring substituents is 1. The zero-order valence-corrected chi connectivity index (χ0v) is 16.2. The van der Waals surface area contributed by atoms with Crippen molar-refractivity contribution in [1.29, 1.82) is 0 Å². The molecule has 0 amide bonds. The number of halogens is 3. The molecule has 0 unspecified atom stereocenters. The summed E-state index contributed by atoms with van der Waals surface area (Å²) < 4.78 is 18.7. The maximum Gasteiger partial charge on any atom is 0.271 e. The van der Waals surface area contributed by atoms with E-state index in [1.165, 1.54) is 24.3 Å². The summed E-state index contributed by atoms with van der Waals surface area (Å²) in [6.45, 7) is 1.76. The quantitative estimate of drug-likeness (QED) is 0.291. The molecule has 0 fully saturated rings. The summed E-state index contributed by atoms with van der Waals surface area (Å²) in [6, 6.07) is 14.1. The second-order valence-electron chi connectivity index (χ2n) is 5.80. The highest BCUT2D eigenvalue weighted by atomic mass is 35.5. The van der Waals surface area contributed by atoms with Crippen molar-refractivity contribution in [3.8, 4) is 11.3 Å². The highest BCUT2D eigenvalue weighted by Crippen LogP contribution is 2.26. The van der Waals surface area contributed by atoms with Gasteiger partial charge in [0.15, 0.2) is 0 Å². The monoisotopic (exact) mass is 425 g/mol. The van der Waals surface area contributed by atoms with Crippen molar-refractivity contribution in [2.24, 2.45) is 0 Å². The topological polar surface area (TPSA) is 80.3 Å². The Morgan fingerprint density at radius 2 is 1.82 bits per heavy atom. The minimum Gasteiger partial charge on any atom is -0.460 e. The van der Waals surface area contributed by atoms with Gasteiger partial charge in [-0.1, -0.05) is 11.6 Å². The fraction of sp³-hybridized carbons (Fsp3) is 0.158. The van der Waals surface area contributed by atoms with E-state index < -0.39 is 4.92 Å². The van der Waals surface area contributed by atoms with E-state index in [1.54, 1.807) is 18.2 Å². The standard InChI is InChI=1S/C19H17ClFN3O3.ClH/c20-17-11-15(24(25)26)5-7-18(17)23-10-9-22-12-16-6-8-19(27-16)13-1-3-14(21)4-2-13;/h1-8,11,22-23H,9-10,12H2;1H. The van der Waals surface area contributed by atoms with E-state index in [-0.39, 0.29) is 23.9 Å². The van der Waals surface area contributed by atoms with Gasteiger partial charge < -0.3 is 15.1 Å². The van der Waals surface area contributed by atoms with E-state index in [2.05, 4.69) is 10.6 Å². The fourth-order valence-corrected chi connectivity index (χ4v) is 2.74. The first-order chi connectivity index (χ1) is 13.0. The van der Waals surface area contributed by atoms with Gasteiger partial charge in [-0.25, -0.2) is 4.39 Å². The first-order valence-electron chi connectivity index (χ1n) is 8.26. The molecule has 9 heteroatoms. The largest absolute Gasteiger partial charge is 0.460 e. The van der Waals surface area contributed by atoms with Crippen molar-refractivity contribution in [3.63, 3.8) is 0 Å². The minimum atomic E-state index is -0.485. The van der Waals surface area contributed by atoms with E-state index in [4.69, 9.17) is 16.0 Å². The molecule has 0 radical (unpaired) electrons. The molecule has 3 rings (SSSR count). The van der Waals surface area contributed by atoms with Crippen LogP contribution in [0.25, 0.3) is 11.3 Å². The number of hydrogen-bond donors (Lipinski definition) is 2. The van der Waals surface area contributed by atoms with E-state index in [9.17, 15) is 14.5 Å². The van der Waals surface area contributed by atoms with Crippen molar-refractivity contribution in [1.82, 2.24) is 5.32 Å². The van der Waals surface area contributed by atoms with Crippen molar-refractivity contribution >= 4 is 35.4 Å². The molecule has 0 bridgehead atoms. The highest BCUT2D eigenvalue weighted by Gasteiger charge is 2.09. The molecular formula is C19H18Cl2FN3O3. The molecule has 2 N–H and O–H groups in total. The Labute approximate surface area is 172 Å². The van der Waals surface area contributed by atoms with Gasteiger partial charge >= 0.3 is 0 Å². The predicted octanol–water partition coefficient (Wildman–Crippen LogP) is 5.27. The van der Waals surface area contributed by atoms with Crippen LogP contribution in [-0.4, -0.2) is 18.0 Å². The number of anilines is 1. The van der Waals surface area contributed by atoms with Gasteiger partial charge in [0.1, 0.15) is 17.3 Å². The number of furan rings is 1. The zero-order chi connectivity index (χ0) is 19.2. The molecule has 0 aliphatic heterocycles. The average Bonchev–Trinajstić information content (AvgIpc) is 3.12. The van der Waals surface area contributed by atoms with Crippen LogP contribution in [0.4, 0.5) is 15.8 Å². The summed E-state index contributed by atoms with van der Waals surface area (Å²) >= 11 is 6.03. The summed E-state index contributed by atoms with van der Waals surface area (Å²) in [7, 11) is 0. The maximum absolute atomic E-state index is 13.0. The van der Waals surface area contributed by atoms with Gasteiger partial charge in [-0.05, 0) is 42.5 Å². The molecule has 0 aliphatic carbocycles. The molecule has 0 atom stereocenters. The third-order valence-electron chi connectivity index (χ3n) is 3.87. The van der Waals surface area contributed by atoms with Crippen molar-refractivity contribution in [2.75, 3.05) is 18.4 Å². The smallest absolute Gasteiger partial charge is 0.271 e. The van der Waals surface area contributed by atoms with Crippen LogP contribution in [0.5, 0.6) is 0 Å². The third-order valence-corrected chi connectivity index (χ3v) is 4.18. The lowest BCUT2D eigenvalue weighted by Gasteiger charge is -2.08. The molecular weight excluding hydrogens is 408 g/mol. The first-order valence-corrected chi connectivity index (χ1v) is 8.64. The fourth-order valence-electron chi connectivity index (χ4n) is 2.50. The van der Waals surface area contributed by atoms with Crippen LogP contribution < -0.4 is 10.6 Å². The van der Waals surface area contributed by atoms with Gasteiger partial charge in [-0.3, -0.25) is 10.1 Å². The summed E-state index contributed by atoms with van der Waals surface area (Å²) in [5.74, 6) is 1.16. The number of rotatable bonds is 8. The van der Waals surface area contributed by atoms with Gasteiger partial charge in [0.2, 0.25) is 0 Å². The highest BCUT2D eigenvalue weighted by molar-refractivity contribution is 6.33. The zero-order valence-electron chi connectivity index (χ0n) is 14.7. The Morgan fingerprint density at radius 1 is 1.07 bits per heavy atom. The number of nitro groups is 1. The Kier molecular flexibility index (Phi) is 7.80. The molecule has 3 aromatic rings. The van der Waals surface area contributed by atoms with Gasteiger partial charge in [-0.2, -0.15) is 0 Å². The van der Waals surface area contributed by atoms with Crippen LogP contribution in [0.15, 0.2) is 59.0 Å². The minimum absolute atomic E-state index is 0. The number of benzene rings is 2. The molecule has 0 aliphatic rings. The molecule has 6 nitrogen and oxygen atoms in total.